The van der Waals surface area contributed by atoms with E-state index in [0.717, 1.165) is 11.1 Å². The van der Waals surface area contributed by atoms with Crippen LogP contribution in [-0.4, -0.2) is 41.0 Å². The molecule has 1 amide bonds. The van der Waals surface area contributed by atoms with Gasteiger partial charge < -0.3 is 10.6 Å². The average Bonchev–Trinajstić information content (AvgIpc) is 2.72. The zero-order chi connectivity index (χ0) is 21.7. The van der Waals surface area contributed by atoms with Crippen molar-refractivity contribution in [3.63, 3.8) is 0 Å². The number of H-pyrrole nitrogens is 1. The number of rotatable bonds is 7. The second kappa shape index (κ2) is 9.23. The first kappa shape index (κ1) is 21.1. The summed E-state index contributed by atoms with van der Waals surface area (Å²) in [5.74, 6) is -0.357. The van der Waals surface area contributed by atoms with Gasteiger partial charge in [0.2, 0.25) is 5.91 Å². The number of aromatic amines is 1. The first-order valence-corrected chi connectivity index (χ1v) is 9.52. The van der Waals surface area contributed by atoms with Crippen LogP contribution in [0.25, 0.3) is 0 Å². The number of likely N-dealkylation sites (N-methyl/N-ethyl adjacent to an activating group) is 2. The lowest BCUT2D eigenvalue weighted by Gasteiger charge is -2.23. The lowest BCUT2D eigenvalue weighted by atomic mass is 10.2. The van der Waals surface area contributed by atoms with Gasteiger partial charge in [-0.2, -0.15) is 0 Å². The summed E-state index contributed by atoms with van der Waals surface area (Å²) < 4.78 is 1.25. The Bertz CT molecular complexity index is 1120. The number of hydrogen-bond donors (Lipinski definition) is 2. The number of nitrogens with one attached hydrogen (secondary N) is 1. The smallest absolute Gasteiger partial charge is 0.330 e. The summed E-state index contributed by atoms with van der Waals surface area (Å²) in [5, 5.41) is 0. The van der Waals surface area contributed by atoms with E-state index >= 15 is 0 Å². The van der Waals surface area contributed by atoms with Crippen LogP contribution in [0.1, 0.15) is 11.1 Å². The predicted molar refractivity (Wildman–Crippen MR) is 117 cm³/mol. The SMILES string of the molecule is CN(CC(=O)N(C)c1c(N)n(Cc2ccccc2)c(=O)[nH]c1=O)Cc1ccccc1. The van der Waals surface area contributed by atoms with Crippen LogP contribution in [0, 0.1) is 0 Å². The zero-order valence-corrected chi connectivity index (χ0v) is 17.0. The number of carbonyl (C=O) groups excluding carboxylic acids is 1. The number of nitrogen functional groups attached to an aromatic ring is 1. The molecule has 0 atom stereocenters. The fraction of sp³-hybridized carbons (Fsp3) is 0.227. The molecule has 8 nitrogen and oxygen atoms in total. The van der Waals surface area contributed by atoms with E-state index in [1.54, 1.807) is 0 Å². The summed E-state index contributed by atoms with van der Waals surface area (Å²) in [5.41, 5.74) is 6.73. The molecule has 0 fully saturated rings. The van der Waals surface area contributed by atoms with Gasteiger partial charge in [-0.15, -0.1) is 0 Å². The zero-order valence-electron chi connectivity index (χ0n) is 17.0. The molecule has 156 valence electrons. The molecule has 0 aliphatic carbocycles. The molecule has 0 spiro atoms. The highest BCUT2D eigenvalue weighted by Crippen LogP contribution is 2.17. The van der Waals surface area contributed by atoms with Gasteiger partial charge in [-0.05, 0) is 18.2 Å². The number of nitrogens with zero attached hydrogens (tertiary/aromatic N) is 3. The Balaban J connectivity index is 1.81. The van der Waals surface area contributed by atoms with Crippen LogP contribution in [0.5, 0.6) is 0 Å². The van der Waals surface area contributed by atoms with Crippen LogP contribution >= 0.6 is 0 Å². The van der Waals surface area contributed by atoms with Gasteiger partial charge in [-0.3, -0.25) is 24.0 Å². The van der Waals surface area contributed by atoms with Crippen molar-refractivity contribution in [1.82, 2.24) is 14.5 Å². The van der Waals surface area contributed by atoms with Crippen LogP contribution in [0.4, 0.5) is 11.5 Å². The van der Waals surface area contributed by atoms with E-state index in [9.17, 15) is 14.4 Å². The molecule has 0 radical (unpaired) electrons. The third-order valence-electron chi connectivity index (χ3n) is 4.81. The number of nitrogens with two attached hydrogens (primary N) is 1. The maximum atomic E-state index is 12.8. The second-order valence-electron chi connectivity index (χ2n) is 7.18. The molecule has 8 heteroatoms. The molecule has 30 heavy (non-hydrogen) atoms. The van der Waals surface area contributed by atoms with Crippen LogP contribution in [0.15, 0.2) is 70.3 Å². The minimum Gasteiger partial charge on any atom is -0.383 e. The van der Waals surface area contributed by atoms with Crippen molar-refractivity contribution in [3.8, 4) is 0 Å². The molecule has 1 aromatic heterocycles. The number of aromatic nitrogens is 2. The van der Waals surface area contributed by atoms with Gasteiger partial charge in [0.15, 0.2) is 5.69 Å². The Morgan fingerprint density at radius 2 is 1.53 bits per heavy atom. The van der Waals surface area contributed by atoms with E-state index in [1.165, 1.54) is 16.5 Å². The van der Waals surface area contributed by atoms with Gasteiger partial charge >= 0.3 is 5.69 Å². The number of amides is 1. The first-order valence-electron chi connectivity index (χ1n) is 9.52. The Hall–Kier alpha value is -3.65. The highest BCUT2D eigenvalue weighted by Gasteiger charge is 2.22. The van der Waals surface area contributed by atoms with Crippen molar-refractivity contribution < 1.29 is 4.79 Å². The number of carbonyl (C=O) groups is 1. The average molecular weight is 407 g/mol. The summed E-state index contributed by atoms with van der Waals surface area (Å²) >= 11 is 0. The molecule has 0 bridgehead atoms. The van der Waals surface area contributed by atoms with E-state index in [0.29, 0.717) is 6.54 Å². The highest BCUT2D eigenvalue weighted by atomic mass is 16.2. The van der Waals surface area contributed by atoms with Gasteiger partial charge in [0.05, 0.1) is 13.1 Å². The lowest BCUT2D eigenvalue weighted by Crippen LogP contribution is -2.42. The summed E-state index contributed by atoms with van der Waals surface area (Å²) in [6, 6.07) is 19.0. The molecular formula is C22H25N5O3. The van der Waals surface area contributed by atoms with Crippen molar-refractivity contribution in [2.45, 2.75) is 13.1 Å². The standard InChI is InChI=1S/C22H25N5O3/c1-25(13-16-9-5-3-6-10-16)15-18(28)26(2)19-20(23)27(22(30)24-21(19)29)14-17-11-7-4-8-12-17/h3-12H,13-15,23H2,1-2H3,(H,24,29,30). The van der Waals surface area contributed by atoms with Crippen LogP contribution < -0.4 is 21.9 Å². The molecule has 0 unspecified atom stereocenters. The van der Waals surface area contributed by atoms with Crippen LogP contribution in [0.3, 0.4) is 0 Å². The number of anilines is 2. The van der Waals surface area contributed by atoms with Crippen molar-refractivity contribution in [2.75, 3.05) is 31.3 Å². The summed E-state index contributed by atoms with van der Waals surface area (Å²) in [7, 11) is 3.31. The quantitative estimate of drug-likeness (QED) is 0.614. The third kappa shape index (κ3) is 4.84. The largest absolute Gasteiger partial charge is 0.383 e. The van der Waals surface area contributed by atoms with E-state index in [2.05, 4.69) is 4.98 Å². The first-order chi connectivity index (χ1) is 14.4. The summed E-state index contributed by atoms with van der Waals surface area (Å²) in [6.45, 7) is 0.854. The van der Waals surface area contributed by atoms with Crippen molar-refractivity contribution in [3.05, 3.63) is 92.6 Å². The molecule has 3 N–H and O–H groups in total. The van der Waals surface area contributed by atoms with E-state index < -0.39 is 11.2 Å². The molecule has 0 saturated heterocycles. The Morgan fingerprint density at radius 1 is 0.967 bits per heavy atom. The molecule has 0 aliphatic rings. The monoisotopic (exact) mass is 407 g/mol. The van der Waals surface area contributed by atoms with Gasteiger partial charge in [-0.1, -0.05) is 60.7 Å². The maximum absolute atomic E-state index is 12.8. The second-order valence-corrected chi connectivity index (χ2v) is 7.18. The van der Waals surface area contributed by atoms with Crippen molar-refractivity contribution in [2.24, 2.45) is 0 Å². The number of hydrogen-bond acceptors (Lipinski definition) is 5. The maximum Gasteiger partial charge on any atom is 0.330 e. The molecule has 0 saturated carbocycles. The summed E-state index contributed by atoms with van der Waals surface area (Å²) in [6.07, 6.45) is 0. The Labute approximate surface area is 174 Å². The van der Waals surface area contributed by atoms with Gasteiger partial charge in [0.25, 0.3) is 5.56 Å². The van der Waals surface area contributed by atoms with Gasteiger partial charge in [0.1, 0.15) is 5.82 Å². The highest BCUT2D eigenvalue weighted by molar-refractivity contribution is 5.96. The topological polar surface area (TPSA) is 104 Å². The lowest BCUT2D eigenvalue weighted by molar-refractivity contribution is -0.119. The minimum absolute atomic E-state index is 0.0383. The fourth-order valence-electron chi connectivity index (χ4n) is 3.24. The minimum atomic E-state index is -0.691. The predicted octanol–water partition coefficient (Wildman–Crippen LogP) is 1.26. The van der Waals surface area contributed by atoms with E-state index in [1.807, 2.05) is 72.6 Å². The molecule has 2 aromatic carbocycles. The molecule has 3 aromatic rings. The van der Waals surface area contributed by atoms with E-state index in [-0.39, 0.29) is 30.5 Å². The molecular weight excluding hydrogens is 382 g/mol. The third-order valence-corrected chi connectivity index (χ3v) is 4.81. The van der Waals surface area contributed by atoms with Crippen molar-refractivity contribution in [1.29, 1.82) is 0 Å². The summed E-state index contributed by atoms with van der Waals surface area (Å²) in [4.78, 5) is 42.8. The fourth-order valence-corrected chi connectivity index (χ4v) is 3.24. The Morgan fingerprint density at radius 3 is 2.13 bits per heavy atom. The normalized spacial score (nSPS) is 10.9. The number of benzene rings is 2. The van der Waals surface area contributed by atoms with Gasteiger partial charge in [0, 0.05) is 13.6 Å². The van der Waals surface area contributed by atoms with Crippen molar-refractivity contribution >= 4 is 17.4 Å². The van der Waals surface area contributed by atoms with Gasteiger partial charge in [-0.25, -0.2) is 4.79 Å². The molecule has 1 heterocycles. The van der Waals surface area contributed by atoms with Crippen LogP contribution in [-0.2, 0) is 17.9 Å². The molecule has 3 rings (SSSR count). The van der Waals surface area contributed by atoms with E-state index in [4.69, 9.17) is 5.73 Å². The van der Waals surface area contributed by atoms with Crippen LogP contribution in [0.2, 0.25) is 0 Å². The Kier molecular flexibility index (Phi) is 6.48. The molecule has 0 aliphatic heterocycles.